The van der Waals surface area contributed by atoms with Gasteiger partial charge in [0.05, 0.1) is 0 Å². The number of carbonyl (C=O) groups is 2. The van der Waals surface area contributed by atoms with E-state index < -0.39 is 0 Å². The number of likely N-dealkylation sites (N-methyl/N-ethyl adjacent to an activating group) is 2. The maximum Gasteiger partial charge on any atom is 0.317 e. The first-order valence-electron chi connectivity index (χ1n) is 8.20. The minimum Gasteiger partial charge on any atom is -0.341 e. The number of carbonyl (C=O) groups excluding carboxylic acids is 2. The van der Waals surface area contributed by atoms with Crippen molar-refractivity contribution in [2.45, 2.75) is 39.2 Å². The van der Waals surface area contributed by atoms with E-state index in [0.717, 1.165) is 39.0 Å². The Balaban J connectivity index is 1.81. The van der Waals surface area contributed by atoms with E-state index in [1.54, 1.807) is 4.90 Å². The highest BCUT2D eigenvalue weighted by Gasteiger charge is 2.26. The molecule has 0 spiro atoms. The van der Waals surface area contributed by atoms with Gasteiger partial charge in [0.25, 0.3) is 0 Å². The topological polar surface area (TPSA) is 55.9 Å². The quantitative estimate of drug-likeness (QED) is 0.832. The molecule has 2 aliphatic heterocycles. The van der Waals surface area contributed by atoms with Gasteiger partial charge in [-0.2, -0.15) is 0 Å². The summed E-state index contributed by atoms with van der Waals surface area (Å²) in [5, 5.41) is 3.01. The van der Waals surface area contributed by atoms with Crippen molar-refractivity contribution in [2.75, 3.05) is 45.8 Å². The van der Waals surface area contributed by atoms with Gasteiger partial charge in [-0.25, -0.2) is 4.79 Å². The average Bonchev–Trinajstić information content (AvgIpc) is 2.86. The molecule has 2 rings (SSSR count). The van der Waals surface area contributed by atoms with Crippen molar-refractivity contribution in [3.63, 3.8) is 0 Å². The Bertz CT molecular complexity index is 375. The van der Waals surface area contributed by atoms with Gasteiger partial charge < -0.3 is 15.1 Å². The predicted molar refractivity (Wildman–Crippen MR) is 82.1 cm³/mol. The molecular formula is C15H28N4O2. The van der Waals surface area contributed by atoms with Crippen LogP contribution in [0.1, 0.15) is 33.1 Å². The molecule has 0 unspecified atom stereocenters. The molecular weight excluding hydrogens is 268 g/mol. The highest BCUT2D eigenvalue weighted by Crippen LogP contribution is 2.15. The zero-order valence-corrected chi connectivity index (χ0v) is 13.3. The van der Waals surface area contributed by atoms with Gasteiger partial charge in [-0.1, -0.05) is 6.92 Å². The third kappa shape index (κ3) is 4.09. The van der Waals surface area contributed by atoms with E-state index >= 15 is 0 Å². The van der Waals surface area contributed by atoms with Crippen LogP contribution in [-0.4, -0.2) is 78.5 Å². The van der Waals surface area contributed by atoms with Crippen molar-refractivity contribution < 1.29 is 9.59 Å². The zero-order chi connectivity index (χ0) is 15.2. The third-order valence-corrected chi connectivity index (χ3v) is 4.60. The van der Waals surface area contributed by atoms with Crippen molar-refractivity contribution >= 4 is 11.9 Å². The first-order chi connectivity index (χ1) is 10.2. The van der Waals surface area contributed by atoms with Crippen LogP contribution in [0.25, 0.3) is 0 Å². The highest BCUT2D eigenvalue weighted by atomic mass is 16.2. The van der Waals surface area contributed by atoms with Crippen molar-refractivity contribution in [2.24, 2.45) is 0 Å². The van der Waals surface area contributed by atoms with Crippen LogP contribution in [0.15, 0.2) is 0 Å². The molecule has 2 aliphatic rings. The van der Waals surface area contributed by atoms with Crippen molar-refractivity contribution in [1.29, 1.82) is 0 Å². The summed E-state index contributed by atoms with van der Waals surface area (Å²) in [6.45, 7) is 9.35. The number of urea groups is 1. The van der Waals surface area contributed by atoms with E-state index in [0.29, 0.717) is 19.1 Å². The lowest BCUT2D eigenvalue weighted by atomic mass is 10.2. The Labute approximate surface area is 127 Å². The minimum absolute atomic E-state index is 0.0567. The summed E-state index contributed by atoms with van der Waals surface area (Å²) in [4.78, 5) is 30.2. The highest BCUT2D eigenvalue weighted by molar-refractivity contribution is 5.84. The van der Waals surface area contributed by atoms with Gasteiger partial charge in [0.15, 0.2) is 0 Å². The van der Waals surface area contributed by atoms with Crippen LogP contribution in [0.4, 0.5) is 4.79 Å². The standard InChI is InChI=1S/C15H28N4O2/c1-3-17-8-5-7-13(17)11-16-15(21)19-10-6-9-18(4-2)14(20)12-19/h13H,3-12H2,1-2H3,(H,16,21)/t13-/m1/s1. The van der Waals surface area contributed by atoms with Crippen LogP contribution in [0.3, 0.4) is 0 Å². The molecule has 6 nitrogen and oxygen atoms in total. The number of nitrogens with one attached hydrogen (secondary N) is 1. The summed E-state index contributed by atoms with van der Waals surface area (Å²) in [5.41, 5.74) is 0. The van der Waals surface area contributed by atoms with E-state index in [9.17, 15) is 9.59 Å². The average molecular weight is 296 g/mol. The smallest absolute Gasteiger partial charge is 0.317 e. The van der Waals surface area contributed by atoms with E-state index in [-0.39, 0.29) is 18.5 Å². The second-order valence-corrected chi connectivity index (χ2v) is 5.86. The maximum absolute atomic E-state index is 12.3. The van der Waals surface area contributed by atoms with Gasteiger partial charge in [-0.3, -0.25) is 9.69 Å². The number of hydrogen-bond acceptors (Lipinski definition) is 3. The van der Waals surface area contributed by atoms with E-state index in [1.807, 2.05) is 11.8 Å². The lowest BCUT2D eigenvalue weighted by Crippen LogP contribution is -2.47. The van der Waals surface area contributed by atoms with E-state index in [1.165, 1.54) is 6.42 Å². The lowest BCUT2D eigenvalue weighted by Gasteiger charge is -2.25. The van der Waals surface area contributed by atoms with Gasteiger partial charge in [-0.05, 0) is 39.3 Å². The molecule has 1 atom stereocenters. The van der Waals surface area contributed by atoms with Crippen LogP contribution in [0.5, 0.6) is 0 Å². The summed E-state index contributed by atoms with van der Waals surface area (Å²) >= 11 is 0. The van der Waals surface area contributed by atoms with Crippen molar-refractivity contribution in [3.05, 3.63) is 0 Å². The summed E-state index contributed by atoms with van der Waals surface area (Å²) in [5.74, 6) is 0.0567. The number of likely N-dealkylation sites (tertiary alicyclic amines) is 1. The molecule has 0 saturated carbocycles. The van der Waals surface area contributed by atoms with Gasteiger partial charge in [0.1, 0.15) is 6.54 Å². The Morgan fingerprint density at radius 1 is 1.19 bits per heavy atom. The molecule has 0 aliphatic carbocycles. The summed E-state index contributed by atoms with van der Waals surface area (Å²) in [6, 6.07) is 0.359. The molecule has 120 valence electrons. The van der Waals surface area contributed by atoms with Crippen LogP contribution >= 0.6 is 0 Å². The first-order valence-corrected chi connectivity index (χ1v) is 8.20. The largest absolute Gasteiger partial charge is 0.341 e. The lowest BCUT2D eigenvalue weighted by molar-refractivity contribution is -0.130. The molecule has 3 amide bonds. The number of rotatable bonds is 4. The molecule has 0 aromatic rings. The van der Waals surface area contributed by atoms with Gasteiger partial charge >= 0.3 is 6.03 Å². The first kappa shape index (κ1) is 16.1. The number of amides is 3. The molecule has 21 heavy (non-hydrogen) atoms. The van der Waals surface area contributed by atoms with Gasteiger partial charge in [0, 0.05) is 32.2 Å². The Kier molecular flexibility index (Phi) is 5.85. The molecule has 0 aromatic carbocycles. The number of nitrogens with zero attached hydrogens (tertiary/aromatic N) is 3. The fraction of sp³-hybridized carbons (Fsp3) is 0.867. The second-order valence-electron chi connectivity index (χ2n) is 5.86. The van der Waals surface area contributed by atoms with Crippen LogP contribution in [-0.2, 0) is 4.79 Å². The predicted octanol–water partition coefficient (Wildman–Crippen LogP) is 0.735. The number of hydrogen-bond donors (Lipinski definition) is 1. The molecule has 2 fully saturated rings. The monoisotopic (exact) mass is 296 g/mol. The Morgan fingerprint density at radius 3 is 2.71 bits per heavy atom. The SMILES string of the molecule is CCN1CCCN(C(=O)NC[C@H]2CCCN2CC)CC1=O. The summed E-state index contributed by atoms with van der Waals surface area (Å²) in [7, 11) is 0. The fourth-order valence-electron chi connectivity index (χ4n) is 3.29. The Morgan fingerprint density at radius 2 is 2.00 bits per heavy atom. The molecule has 0 radical (unpaired) electrons. The third-order valence-electron chi connectivity index (χ3n) is 4.60. The Hall–Kier alpha value is -1.30. The summed E-state index contributed by atoms with van der Waals surface area (Å²) in [6.07, 6.45) is 3.22. The molecule has 0 bridgehead atoms. The fourth-order valence-corrected chi connectivity index (χ4v) is 3.29. The molecule has 2 heterocycles. The molecule has 1 N–H and O–H groups in total. The van der Waals surface area contributed by atoms with Crippen molar-refractivity contribution in [3.8, 4) is 0 Å². The van der Waals surface area contributed by atoms with Gasteiger partial charge in [0.2, 0.25) is 5.91 Å². The maximum atomic E-state index is 12.3. The van der Waals surface area contributed by atoms with Crippen LogP contribution in [0.2, 0.25) is 0 Å². The van der Waals surface area contributed by atoms with E-state index in [4.69, 9.17) is 0 Å². The molecule has 6 heteroatoms. The minimum atomic E-state index is -0.0933. The summed E-state index contributed by atoms with van der Waals surface area (Å²) < 4.78 is 0. The second kappa shape index (κ2) is 7.64. The van der Waals surface area contributed by atoms with Crippen LogP contribution in [0, 0.1) is 0 Å². The normalized spacial score (nSPS) is 24.3. The van der Waals surface area contributed by atoms with Crippen molar-refractivity contribution in [1.82, 2.24) is 20.0 Å². The molecule has 2 saturated heterocycles. The van der Waals surface area contributed by atoms with E-state index in [2.05, 4.69) is 17.1 Å². The molecule has 0 aromatic heterocycles. The van der Waals surface area contributed by atoms with Crippen LogP contribution < -0.4 is 5.32 Å². The zero-order valence-electron chi connectivity index (χ0n) is 13.3. The van der Waals surface area contributed by atoms with Gasteiger partial charge in [-0.15, -0.1) is 0 Å².